The van der Waals surface area contributed by atoms with E-state index in [1.54, 1.807) is 25.3 Å². The molecule has 0 heterocycles. The molecular weight excluding hydrogens is 441 g/mol. The van der Waals surface area contributed by atoms with Gasteiger partial charge in [-0.1, -0.05) is 47.6 Å². The number of nitrogens with zero attached hydrogens (tertiary/aromatic N) is 1. The van der Waals surface area contributed by atoms with Gasteiger partial charge >= 0.3 is 5.97 Å². The average Bonchev–Trinajstić information content (AvgIpc) is 2.85. The van der Waals surface area contributed by atoms with Crippen LogP contribution in [0.5, 0.6) is 17.2 Å². The molecule has 34 heavy (non-hydrogen) atoms. The van der Waals surface area contributed by atoms with E-state index >= 15 is 0 Å². The van der Waals surface area contributed by atoms with E-state index in [9.17, 15) is 9.18 Å². The van der Waals surface area contributed by atoms with Crippen LogP contribution in [0.2, 0.25) is 0 Å². The Morgan fingerprint density at radius 2 is 1.76 bits per heavy atom. The number of carboxylic acids is 1. The summed E-state index contributed by atoms with van der Waals surface area (Å²) in [5.41, 5.74) is 2.65. The quantitative estimate of drug-likeness (QED) is 0.302. The summed E-state index contributed by atoms with van der Waals surface area (Å²) in [5.74, 6) is -0.0736. The molecule has 8 heteroatoms. The number of aryl methyl sites for hydroxylation is 1. The number of hydrogen-bond acceptors (Lipinski definition) is 6. The summed E-state index contributed by atoms with van der Waals surface area (Å²) in [6.07, 6.45) is -0.00329. The zero-order chi connectivity index (χ0) is 24.3. The van der Waals surface area contributed by atoms with Crippen LogP contribution in [-0.4, -0.2) is 37.6 Å². The third kappa shape index (κ3) is 6.96. The molecular formula is C26H26FNO6. The van der Waals surface area contributed by atoms with E-state index in [-0.39, 0.29) is 26.1 Å². The Morgan fingerprint density at radius 1 is 0.971 bits per heavy atom. The van der Waals surface area contributed by atoms with Crippen molar-refractivity contribution in [2.24, 2.45) is 5.16 Å². The maximum Gasteiger partial charge on any atom is 0.303 e. The molecule has 3 rings (SSSR count). The fourth-order valence-corrected chi connectivity index (χ4v) is 3.20. The molecule has 0 atom stereocenters. The van der Waals surface area contributed by atoms with Crippen molar-refractivity contribution in [3.8, 4) is 17.2 Å². The number of carboxylic acid groups (broad SMARTS) is 1. The molecule has 0 radical (unpaired) electrons. The summed E-state index contributed by atoms with van der Waals surface area (Å²) >= 11 is 0. The smallest absolute Gasteiger partial charge is 0.303 e. The van der Waals surface area contributed by atoms with Gasteiger partial charge in [-0.15, -0.1) is 0 Å². The average molecular weight is 467 g/mol. The molecule has 0 fully saturated rings. The summed E-state index contributed by atoms with van der Waals surface area (Å²) in [6, 6.07) is 19.4. The summed E-state index contributed by atoms with van der Waals surface area (Å²) in [5, 5.41) is 12.8. The number of rotatable bonds is 12. The first-order valence-electron chi connectivity index (χ1n) is 10.6. The minimum absolute atomic E-state index is 0.126. The van der Waals surface area contributed by atoms with E-state index in [0.717, 1.165) is 11.1 Å². The first-order valence-corrected chi connectivity index (χ1v) is 10.6. The Hall–Kier alpha value is -4.07. The summed E-state index contributed by atoms with van der Waals surface area (Å²) in [4.78, 5) is 15.6. The maximum absolute atomic E-state index is 14.2. The minimum atomic E-state index is -0.969. The monoisotopic (exact) mass is 467 g/mol. The zero-order valence-corrected chi connectivity index (χ0v) is 19.0. The Kier molecular flexibility index (Phi) is 8.85. The topological polar surface area (TPSA) is 86.6 Å². The summed E-state index contributed by atoms with van der Waals surface area (Å²) in [7, 11) is 3.02. The maximum atomic E-state index is 14.2. The highest BCUT2D eigenvalue weighted by molar-refractivity contribution is 6.01. The second kappa shape index (κ2) is 12.2. The fraction of sp³-hybridized carbons (Fsp3) is 0.231. The van der Waals surface area contributed by atoms with Gasteiger partial charge in [-0.2, -0.15) is 0 Å². The number of oxime groups is 1. The van der Waals surface area contributed by atoms with Crippen molar-refractivity contribution in [1.82, 2.24) is 0 Å². The second-order valence-electron chi connectivity index (χ2n) is 7.30. The highest BCUT2D eigenvalue weighted by atomic mass is 19.1. The highest BCUT2D eigenvalue weighted by Gasteiger charge is 2.11. The zero-order valence-electron chi connectivity index (χ0n) is 19.0. The predicted molar refractivity (Wildman–Crippen MR) is 125 cm³/mol. The molecule has 0 unspecified atom stereocenters. The third-order valence-electron chi connectivity index (χ3n) is 4.94. The van der Waals surface area contributed by atoms with Crippen LogP contribution in [0.1, 0.15) is 23.1 Å². The molecule has 0 spiro atoms. The molecule has 0 aromatic heterocycles. The largest absolute Gasteiger partial charge is 0.493 e. The van der Waals surface area contributed by atoms with Gasteiger partial charge in [-0.05, 0) is 35.7 Å². The Bertz CT molecular complexity index is 1130. The number of methoxy groups -OCH3 is 1. The van der Waals surface area contributed by atoms with Gasteiger partial charge < -0.3 is 24.2 Å². The van der Waals surface area contributed by atoms with Crippen molar-refractivity contribution in [2.45, 2.75) is 19.4 Å². The van der Waals surface area contributed by atoms with Crippen LogP contribution in [0.4, 0.5) is 4.39 Å². The van der Waals surface area contributed by atoms with Crippen LogP contribution in [0.25, 0.3) is 0 Å². The van der Waals surface area contributed by atoms with E-state index in [4.69, 9.17) is 24.2 Å². The number of carbonyl (C=O) groups is 1. The Morgan fingerprint density at radius 3 is 2.44 bits per heavy atom. The molecule has 7 nitrogen and oxygen atoms in total. The lowest BCUT2D eigenvalue weighted by Gasteiger charge is -2.14. The first-order chi connectivity index (χ1) is 16.5. The summed E-state index contributed by atoms with van der Waals surface area (Å²) < 4.78 is 31.3. The van der Waals surface area contributed by atoms with Crippen molar-refractivity contribution < 1.29 is 33.3 Å². The fourth-order valence-electron chi connectivity index (χ4n) is 3.20. The van der Waals surface area contributed by atoms with Crippen LogP contribution < -0.4 is 14.2 Å². The van der Waals surface area contributed by atoms with Crippen molar-refractivity contribution >= 4 is 11.7 Å². The van der Waals surface area contributed by atoms with Gasteiger partial charge in [0.25, 0.3) is 0 Å². The minimum Gasteiger partial charge on any atom is -0.493 e. The standard InChI is InChI=1S/C26H26FNO6/c1-31-25-14-18(16-33-21-11-9-19(22(27)15-21)10-13-26(29)30)8-12-24(25)34-17-23(28-32-2)20-6-4-3-5-7-20/h3-9,11-12,14-15H,10,13,16-17H2,1-2H3,(H,29,30). The Balaban J connectivity index is 1.63. The predicted octanol–water partition coefficient (Wildman–Crippen LogP) is 4.86. The molecule has 3 aromatic rings. The molecule has 3 aromatic carbocycles. The molecule has 0 aliphatic rings. The lowest BCUT2D eigenvalue weighted by atomic mass is 10.1. The van der Waals surface area contributed by atoms with Gasteiger partial charge in [0.05, 0.1) is 7.11 Å². The van der Waals surface area contributed by atoms with E-state index in [1.807, 2.05) is 36.4 Å². The number of ether oxygens (including phenoxy) is 3. The van der Waals surface area contributed by atoms with Crippen LogP contribution in [-0.2, 0) is 22.7 Å². The molecule has 0 saturated carbocycles. The number of halogens is 1. The van der Waals surface area contributed by atoms with E-state index in [2.05, 4.69) is 5.16 Å². The SMILES string of the molecule is CON=C(COc1ccc(COc2ccc(CCC(=O)O)c(F)c2)cc1OC)c1ccccc1. The summed E-state index contributed by atoms with van der Waals surface area (Å²) in [6.45, 7) is 0.364. The molecule has 0 amide bonds. The third-order valence-corrected chi connectivity index (χ3v) is 4.94. The van der Waals surface area contributed by atoms with Crippen molar-refractivity contribution in [3.63, 3.8) is 0 Å². The first kappa shape index (κ1) is 24.6. The molecule has 0 saturated heterocycles. The van der Waals surface area contributed by atoms with E-state index in [0.29, 0.717) is 28.5 Å². The van der Waals surface area contributed by atoms with Gasteiger partial charge in [-0.25, -0.2) is 4.39 Å². The molecule has 0 aliphatic carbocycles. The van der Waals surface area contributed by atoms with Gasteiger partial charge in [-0.3, -0.25) is 4.79 Å². The normalized spacial score (nSPS) is 11.1. The van der Waals surface area contributed by atoms with Gasteiger partial charge in [0.2, 0.25) is 0 Å². The molecule has 178 valence electrons. The van der Waals surface area contributed by atoms with Crippen LogP contribution in [0.15, 0.2) is 71.9 Å². The highest BCUT2D eigenvalue weighted by Crippen LogP contribution is 2.29. The molecule has 0 aliphatic heterocycles. The van der Waals surface area contributed by atoms with E-state index < -0.39 is 11.8 Å². The molecule has 0 bridgehead atoms. The van der Waals surface area contributed by atoms with Gasteiger partial charge in [0, 0.05) is 18.1 Å². The van der Waals surface area contributed by atoms with Crippen molar-refractivity contribution in [3.05, 3.63) is 89.2 Å². The van der Waals surface area contributed by atoms with Crippen molar-refractivity contribution in [1.29, 1.82) is 0 Å². The number of aliphatic carboxylic acids is 1. The Labute approximate surface area is 197 Å². The van der Waals surface area contributed by atoms with Crippen molar-refractivity contribution in [2.75, 3.05) is 20.8 Å². The van der Waals surface area contributed by atoms with E-state index in [1.165, 1.54) is 19.2 Å². The molecule has 1 N–H and O–H groups in total. The van der Waals surface area contributed by atoms with Crippen LogP contribution in [0.3, 0.4) is 0 Å². The number of hydrogen-bond donors (Lipinski definition) is 1. The number of benzene rings is 3. The lowest BCUT2D eigenvalue weighted by Crippen LogP contribution is -2.14. The van der Waals surface area contributed by atoms with Gasteiger partial charge in [0.15, 0.2) is 11.5 Å². The van der Waals surface area contributed by atoms with Gasteiger partial charge in [0.1, 0.15) is 37.6 Å². The second-order valence-corrected chi connectivity index (χ2v) is 7.30. The van der Waals surface area contributed by atoms with Crippen LogP contribution >= 0.6 is 0 Å². The lowest BCUT2D eigenvalue weighted by molar-refractivity contribution is -0.136. The van der Waals surface area contributed by atoms with Crippen LogP contribution in [0, 0.1) is 5.82 Å².